The molecule has 2 N–H and O–H groups in total. The highest BCUT2D eigenvalue weighted by molar-refractivity contribution is 7.91. The third kappa shape index (κ3) is 2.62. The fourth-order valence-electron chi connectivity index (χ4n) is 3.93. The maximum atomic E-state index is 12.9. The maximum absolute atomic E-state index is 12.9. The normalized spacial score (nSPS) is 26.1. The zero-order valence-corrected chi connectivity index (χ0v) is 14.5. The van der Waals surface area contributed by atoms with Crippen molar-refractivity contribution in [3.63, 3.8) is 0 Å². The van der Waals surface area contributed by atoms with E-state index in [9.17, 15) is 8.42 Å². The Morgan fingerprint density at radius 2 is 1.83 bits per heavy atom. The first-order valence-electron chi connectivity index (χ1n) is 8.50. The summed E-state index contributed by atoms with van der Waals surface area (Å²) in [6, 6.07) is 15.1. The third-order valence-electron chi connectivity index (χ3n) is 5.17. The van der Waals surface area contributed by atoms with Gasteiger partial charge in [0.1, 0.15) is 0 Å². The Kier molecular flexibility index (Phi) is 3.85. The van der Waals surface area contributed by atoms with Crippen molar-refractivity contribution in [2.45, 2.75) is 47.6 Å². The number of fused-ring (bicyclic) bond motifs is 3. The van der Waals surface area contributed by atoms with Crippen LogP contribution in [0.5, 0.6) is 0 Å². The predicted molar refractivity (Wildman–Crippen MR) is 95.2 cm³/mol. The second-order valence-corrected chi connectivity index (χ2v) is 8.75. The lowest BCUT2D eigenvalue weighted by Crippen LogP contribution is -2.28. The lowest BCUT2D eigenvalue weighted by molar-refractivity contribution is 0.521. The molecule has 4 rings (SSSR count). The van der Waals surface area contributed by atoms with E-state index in [0.29, 0.717) is 27.8 Å². The largest absolute Gasteiger partial charge is 0.381 e. The molecule has 1 fully saturated rings. The summed E-state index contributed by atoms with van der Waals surface area (Å²) in [6.07, 6.45) is 2.09. The summed E-state index contributed by atoms with van der Waals surface area (Å²) in [6.45, 7) is 3.18. The summed E-state index contributed by atoms with van der Waals surface area (Å²) >= 11 is 0. The van der Waals surface area contributed by atoms with Crippen LogP contribution in [0, 0.1) is 0 Å². The highest BCUT2D eigenvalue weighted by Crippen LogP contribution is 2.42. The van der Waals surface area contributed by atoms with Gasteiger partial charge >= 0.3 is 0 Å². The van der Waals surface area contributed by atoms with Gasteiger partial charge in [0.15, 0.2) is 0 Å². The summed E-state index contributed by atoms with van der Waals surface area (Å²) < 4.78 is 25.8. The number of sulfone groups is 1. The van der Waals surface area contributed by atoms with Gasteiger partial charge < -0.3 is 10.6 Å². The Morgan fingerprint density at radius 3 is 2.62 bits per heavy atom. The van der Waals surface area contributed by atoms with Crippen LogP contribution in [-0.4, -0.2) is 27.0 Å². The first-order chi connectivity index (χ1) is 11.6. The molecule has 126 valence electrons. The molecule has 24 heavy (non-hydrogen) atoms. The first-order valence-corrected chi connectivity index (χ1v) is 9.98. The lowest BCUT2D eigenvalue weighted by Gasteiger charge is -2.18. The molecular formula is C19H22N2O2S. The molecule has 2 aromatic carbocycles. The number of hydrogen-bond donors (Lipinski definition) is 2. The summed E-state index contributed by atoms with van der Waals surface area (Å²) in [5, 5.41) is 7.11. The minimum absolute atomic E-state index is 0.351. The highest BCUT2D eigenvalue weighted by atomic mass is 32.2. The van der Waals surface area contributed by atoms with E-state index in [1.54, 1.807) is 30.3 Å². The fraction of sp³-hybridized carbons (Fsp3) is 0.368. The molecule has 2 aliphatic heterocycles. The monoisotopic (exact) mass is 342 g/mol. The number of anilines is 1. The molecule has 3 atom stereocenters. The average molecular weight is 342 g/mol. The molecule has 0 amide bonds. The van der Waals surface area contributed by atoms with Gasteiger partial charge in [-0.1, -0.05) is 18.2 Å². The van der Waals surface area contributed by atoms with Gasteiger partial charge in [0, 0.05) is 23.7 Å². The van der Waals surface area contributed by atoms with Crippen molar-refractivity contribution >= 4 is 15.5 Å². The molecule has 2 aliphatic rings. The van der Waals surface area contributed by atoms with Crippen molar-refractivity contribution < 1.29 is 8.42 Å². The molecule has 2 aromatic rings. The van der Waals surface area contributed by atoms with Crippen LogP contribution in [0.15, 0.2) is 58.3 Å². The van der Waals surface area contributed by atoms with Gasteiger partial charge in [0.05, 0.1) is 9.79 Å². The maximum Gasteiger partial charge on any atom is 0.206 e. The highest BCUT2D eigenvalue weighted by Gasteiger charge is 2.35. The van der Waals surface area contributed by atoms with Crippen molar-refractivity contribution in [1.29, 1.82) is 0 Å². The second-order valence-electron chi connectivity index (χ2n) is 6.80. The van der Waals surface area contributed by atoms with Gasteiger partial charge in [-0.15, -0.1) is 0 Å². The minimum atomic E-state index is -3.46. The van der Waals surface area contributed by atoms with E-state index < -0.39 is 9.84 Å². The molecular weight excluding hydrogens is 320 g/mol. The van der Waals surface area contributed by atoms with Crippen molar-refractivity contribution in [1.82, 2.24) is 5.32 Å². The van der Waals surface area contributed by atoms with Gasteiger partial charge in [-0.05, 0) is 62.2 Å². The Balaban J connectivity index is 1.73. The number of benzene rings is 2. The van der Waals surface area contributed by atoms with Gasteiger partial charge in [-0.3, -0.25) is 0 Å². The van der Waals surface area contributed by atoms with Crippen molar-refractivity contribution in [2.24, 2.45) is 0 Å². The van der Waals surface area contributed by atoms with Crippen molar-refractivity contribution in [3.05, 3.63) is 54.1 Å². The van der Waals surface area contributed by atoms with Crippen molar-refractivity contribution in [2.75, 3.05) is 11.9 Å². The first kappa shape index (κ1) is 15.7. The van der Waals surface area contributed by atoms with E-state index in [1.807, 2.05) is 18.2 Å². The van der Waals surface area contributed by atoms with Crippen LogP contribution in [0.2, 0.25) is 0 Å². The van der Waals surface area contributed by atoms with Crippen LogP contribution >= 0.6 is 0 Å². The topological polar surface area (TPSA) is 58.2 Å². The molecule has 0 aliphatic carbocycles. The van der Waals surface area contributed by atoms with E-state index in [0.717, 1.165) is 30.6 Å². The molecule has 0 saturated carbocycles. The second kappa shape index (κ2) is 5.90. The fourth-order valence-corrected chi connectivity index (χ4v) is 5.25. The van der Waals surface area contributed by atoms with Crippen LogP contribution in [0.1, 0.15) is 31.2 Å². The SMILES string of the molecule is CC1CC2Nc3ccc(S(=O)(=O)c4ccccc4)cc3[C@@H]2CCN1. The van der Waals surface area contributed by atoms with E-state index in [4.69, 9.17) is 0 Å². The summed E-state index contributed by atoms with van der Waals surface area (Å²) in [7, 11) is -3.46. The van der Waals surface area contributed by atoms with Gasteiger partial charge in [0.25, 0.3) is 0 Å². The third-order valence-corrected chi connectivity index (χ3v) is 6.94. The number of nitrogens with one attached hydrogen (secondary N) is 2. The molecule has 5 heteroatoms. The minimum Gasteiger partial charge on any atom is -0.381 e. The summed E-state index contributed by atoms with van der Waals surface area (Å²) in [4.78, 5) is 0.740. The zero-order valence-electron chi connectivity index (χ0n) is 13.7. The summed E-state index contributed by atoms with van der Waals surface area (Å²) in [5.41, 5.74) is 2.24. The quantitative estimate of drug-likeness (QED) is 0.880. The van der Waals surface area contributed by atoms with Crippen LogP contribution < -0.4 is 10.6 Å². The van der Waals surface area contributed by atoms with Gasteiger partial charge in [-0.2, -0.15) is 0 Å². The Bertz CT molecular complexity index is 849. The van der Waals surface area contributed by atoms with Crippen LogP contribution in [0.3, 0.4) is 0 Å². The molecule has 2 unspecified atom stereocenters. The Morgan fingerprint density at radius 1 is 1.04 bits per heavy atom. The van der Waals surface area contributed by atoms with Gasteiger partial charge in [-0.25, -0.2) is 8.42 Å². The number of hydrogen-bond acceptors (Lipinski definition) is 4. The molecule has 4 nitrogen and oxygen atoms in total. The molecule has 2 heterocycles. The molecule has 0 spiro atoms. The van der Waals surface area contributed by atoms with Crippen LogP contribution in [-0.2, 0) is 9.84 Å². The van der Waals surface area contributed by atoms with E-state index in [2.05, 4.69) is 17.6 Å². The molecule has 0 aromatic heterocycles. The smallest absolute Gasteiger partial charge is 0.206 e. The average Bonchev–Trinajstić information content (AvgIpc) is 2.81. The predicted octanol–water partition coefficient (Wildman–Crippen LogP) is 3.17. The number of rotatable bonds is 2. The van der Waals surface area contributed by atoms with Crippen LogP contribution in [0.25, 0.3) is 0 Å². The van der Waals surface area contributed by atoms with E-state index in [-0.39, 0.29) is 0 Å². The molecule has 0 radical (unpaired) electrons. The van der Waals surface area contributed by atoms with E-state index >= 15 is 0 Å². The Hall–Kier alpha value is -1.85. The van der Waals surface area contributed by atoms with E-state index in [1.165, 1.54) is 0 Å². The van der Waals surface area contributed by atoms with Gasteiger partial charge in [0.2, 0.25) is 9.84 Å². The zero-order chi connectivity index (χ0) is 16.7. The standard InChI is InChI=1S/C19H22N2O2S/c1-13-11-19-16(9-10-20-13)17-12-15(7-8-18(17)21-19)24(22,23)14-5-3-2-4-6-14/h2-8,12-13,16,19-21H,9-11H2,1H3/t13?,16-,19?/m0/s1. The molecule has 1 saturated heterocycles. The van der Waals surface area contributed by atoms with Crippen molar-refractivity contribution in [3.8, 4) is 0 Å². The lowest BCUT2D eigenvalue weighted by atomic mass is 9.90. The summed E-state index contributed by atoms with van der Waals surface area (Å²) in [5.74, 6) is 0.378. The Labute approximate surface area is 143 Å². The molecule has 0 bridgehead atoms. The van der Waals surface area contributed by atoms with Crippen LogP contribution in [0.4, 0.5) is 5.69 Å².